The van der Waals surface area contributed by atoms with Crippen LogP contribution in [0.2, 0.25) is 0 Å². The van der Waals surface area contributed by atoms with Gasteiger partial charge in [-0.3, -0.25) is 9.59 Å². The van der Waals surface area contributed by atoms with Gasteiger partial charge < -0.3 is 10.6 Å². The van der Waals surface area contributed by atoms with Crippen molar-refractivity contribution >= 4 is 23.2 Å². The molecule has 0 saturated carbocycles. The van der Waals surface area contributed by atoms with E-state index < -0.39 is 0 Å². The van der Waals surface area contributed by atoms with Crippen molar-refractivity contribution in [3.05, 3.63) is 82.0 Å². The van der Waals surface area contributed by atoms with Crippen molar-refractivity contribution in [2.45, 2.75) is 13.5 Å². The van der Waals surface area contributed by atoms with Crippen LogP contribution in [-0.2, 0) is 11.3 Å². The van der Waals surface area contributed by atoms with Crippen molar-refractivity contribution in [2.75, 3.05) is 6.54 Å². The Labute approximate surface area is 156 Å². The van der Waals surface area contributed by atoms with Gasteiger partial charge in [-0.25, -0.2) is 0 Å². The number of benzene rings is 2. The Balaban J connectivity index is 1.50. The van der Waals surface area contributed by atoms with Gasteiger partial charge in [0.05, 0.1) is 13.1 Å². The summed E-state index contributed by atoms with van der Waals surface area (Å²) in [5, 5.41) is 7.47. The van der Waals surface area contributed by atoms with Crippen molar-refractivity contribution in [3.63, 3.8) is 0 Å². The highest BCUT2D eigenvalue weighted by Crippen LogP contribution is 2.19. The molecule has 5 heteroatoms. The fraction of sp³-hybridized carbons (Fsp3) is 0.143. The second kappa shape index (κ2) is 8.45. The minimum Gasteiger partial charge on any atom is -0.350 e. The second-order valence-corrected chi connectivity index (χ2v) is 6.93. The second-order valence-electron chi connectivity index (χ2n) is 5.93. The van der Waals surface area contributed by atoms with E-state index in [1.54, 1.807) is 23.5 Å². The molecule has 0 aliphatic rings. The van der Waals surface area contributed by atoms with Crippen LogP contribution in [0.5, 0.6) is 0 Å². The molecule has 0 fully saturated rings. The van der Waals surface area contributed by atoms with Gasteiger partial charge >= 0.3 is 0 Å². The zero-order valence-corrected chi connectivity index (χ0v) is 15.3. The summed E-state index contributed by atoms with van der Waals surface area (Å²) in [4.78, 5) is 25.2. The van der Waals surface area contributed by atoms with E-state index in [4.69, 9.17) is 0 Å². The van der Waals surface area contributed by atoms with Crippen LogP contribution in [0.15, 0.2) is 66.0 Å². The fourth-order valence-electron chi connectivity index (χ4n) is 2.53. The van der Waals surface area contributed by atoms with Crippen LogP contribution >= 0.6 is 11.3 Å². The number of hydrogen-bond donors (Lipinski definition) is 2. The molecule has 1 aromatic heterocycles. The normalized spacial score (nSPS) is 10.3. The van der Waals surface area contributed by atoms with E-state index in [2.05, 4.69) is 10.6 Å². The molecule has 2 N–H and O–H groups in total. The largest absolute Gasteiger partial charge is 0.350 e. The average molecular weight is 364 g/mol. The van der Waals surface area contributed by atoms with E-state index >= 15 is 0 Å². The lowest BCUT2D eigenvalue weighted by Crippen LogP contribution is -2.36. The smallest absolute Gasteiger partial charge is 0.251 e. The highest BCUT2D eigenvalue weighted by atomic mass is 32.1. The van der Waals surface area contributed by atoms with Crippen molar-refractivity contribution < 1.29 is 9.59 Å². The van der Waals surface area contributed by atoms with E-state index in [-0.39, 0.29) is 18.4 Å². The number of carbonyl (C=O) groups excluding carboxylic acids is 2. The van der Waals surface area contributed by atoms with Crippen LogP contribution in [0.4, 0.5) is 0 Å². The first kappa shape index (κ1) is 17.9. The number of rotatable bonds is 6. The van der Waals surface area contributed by atoms with Gasteiger partial charge in [-0.05, 0) is 47.2 Å². The summed E-state index contributed by atoms with van der Waals surface area (Å²) < 4.78 is 0. The van der Waals surface area contributed by atoms with Gasteiger partial charge in [0, 0.05) is 10.4 Å². The van der Waals surface area contributed by atoms with Gasteiger partial charge in [0.2, 0.25) is 5.91 Å². The van der Waals surface area contributed by atoms with E-state index in [9.17, 15) is 9.59 Å². The van der Waals surface area contributed by atoms with E-state index in [0.29, 0.717) is 12.1 Å². The molecule has 0 aliphatic carbocycles. The molecule has 132 valence electrons. The van der Waals surface area contributed by atoms with Crippen LogP contribution in [-0.4, -0.2) is 18.4 Å². The molecule has 0 unspecified atom stereocenters. The zero-order valence-electron chi connectivity index (χ0n) is 14.5. The van der Waals surface area contributed by atoms with Gasteiger partial charge in [0.15, 0.2) is 0 Å². The molecule has 0 saturated heterocycles. The van der Waals surface area contributed by atoms with Crippen LogP contribution in [0.3, 0.4) is 0 Å². The predicted molar refractivity (Wildman–Crippen MR) is 105 cm³/mol. The summed E-state index contributed by atoms with van der Waals surface area (Å²) in [5.74, 6) is -0.459. The predicted octanol–water partition coefficient (Wildman–Crippen LogP) is 3.77. The third-order valence-electron chi connectivity index (χ3n) is 4.08. The first-order valence-corrected chi connectivity index (χ1v) is 9.25. The molecule has 1 heterocycles. The maximum atomic E-state index is 12.2. The molecule has 0 bridgehead atoms. The Morgan fingerprint density at radius 3 is 2.23 bits per heavy atom. The summed E-state index contributed by atoms with van der Waals surface area (Å²) in [7, 11) is 0. The molecule has 0 spiro atoms. The fourth-order valence-corrected chi connectivity index (χ4v) is 3.38. The van der Waals surface area contributed by atoms with Crippen LogP contribution in [0.1, 0.15) is 20.8 Å². The molecule has 2 amide bonds. The average Bonchev–Trinajstić information content (AvgIpc) is 3.10. The quantitative estimate of drug-likeness (QED) is 0.699. The highest BCUT2D eigenvalue weighted by Gasteiger charge is 2.09. The lowest BCUT2D eigenvalue weighted by molar-refractivity contribution is -0.120. The zero-order chi connectivity index (χ0) is 18.4. The molecule has 3 aromatic rings. The summed E-state index contributed by atoms with van der Waals surface area (Å²) in [6, 6.07) is 19.3. The van der Waals surface area contributed by atoms with Gasteiger partial charge in [-0.15, -0.1) is 11.3 Å². The number of aryl methyl sites for hydroxylation is 1. The van der Waals surface area contributed by atoms with Crippen LogP contribution < -0.4 is 10.6 Å². The Bertz CT molecular complexity index is 886. The number of nitrogens with one attached hydrogen (secondary N) is 2. The van der Waals surface area contributed by atoms with Gasteiger partial charge in [-0.1, -0.05) is 42.5 Å². The molecule has 0 radical (unpaired) electrons. The Hall–Kier alpha value is -2.92. The Kier molecular flexibility index (Phi) is 5.81. The molecule has 0 atom stereocenters. The lowest BCUT2D eigenvalue weighted by Gasteiger charge is -2.08. The minimum atomic E-state index is -0.257. The maximum Gasteiger partial charge on any atom is 0.251 e. The SMILES string of the molecule is Cc1ccsc1CNC(=O)CNC(=O)c1ccc(-c2ccccc2)cc1. The van der Waals surface area contributed by atoms with Crippen molar-refractivity contribution in [2.24, 2.45) is 0 Å². The number of thiophene rings is 1. The lowest BCUT2D eigenvalue weighted by atomic mass is 10.0. The van der Waals surface area contributed by atoms with Crippen molar-refractivity contribution in [1.29, 1.82) is 0 Å². The van der Waals surface area contributed by atoms with E-state index in [1.165, 1.54) is 0 Å². The van der Waals surface area contributed by atoms with Gasteiger partial charge in [-0.2, -0.15) is 0 Å². The molecule has 3 rings (SSSR count). The molecular weight excluding hydrogens is 344 g/mol. The first-order valence-electron chi connectivity index (χ1n) is 8.37. The third-order valence-corrected chi connectivity index (χ3v) is 5.10. The Morgan fingerprint density at radius 2 is 1.58 bits per heavy atom. The molecule has 26 heavy (non-hydrogen) atoms. The summed E-state index contributed by atoms with van der Waals surface area (Å²) >= 11 is 1.61. The summed E-state index contributed by atoms with van der Waals surface area (Å²) in [5.41, 5.74) is 3.85. The van der Waals surface area contributed by atoms with Crippen molar-refractivity contribution in [3.8, 4) is 11.1 Å². The number of amides is 2. The monoisotopic (exact) mass is 364 g/mol. The summed E-state index contributed by atoms with van der Waals surface area (Å²) in [6.07, 6.45) is 0. The van der Waals surface area contributed by atoms with E-state index in [1.807, 2.05) is 60.8 Å². The molecule has 0 aliphatic heterocycles. The van der Waals surface area contributed by atoms with Crippen molar-refractivity contribution in [1.82, 2.24) is 10.6 Å². The number of hydrogen-bond acceptors (Lipinski definition) is 3. The molecular formula is C21H20N2O2S. The highest BCUT2D eigenvalue weighted by molar-refractivity contribution is 7.10. The minimum absolute atomic E-state index is 0.0380. The van der Waals surface area contributed by atoms with Gasteiger partial charge in [0.1, 0.15) is 0 Å². The molecule has 2 aromatic carbocycles. The Morgan fingerprint density at radius 1 is 0.885 bits per heavy atom. The van der Waals surface area contributed by atoms with Crippen LogP contribution in [0.25, 0.3) is 11.1 Å². The third kappa shape index (κ3) is 4.58. The topological polar surface area (TPSA) is 58.2 Å². The van der Waals surface area contributed by atoms with Crippen LogP contribution in [0, 0.1) is 6.92 Å². The standard InChI is InChI=1S/C21H20N2O2S/c1-15-11-12-26-19(15)13-22-20(24)14-23-21(25)18-9-7-17(8-10-18)16-5-3-2-4-6-16/h2-12H,13-14H2,1H3,(H,22,24)(H,23,25). The first-order chi connectivity index (χ1) is 12.6. The molecule has 4 nitrogen and oxygen atoms in total. The van der Waals surface area contributed by atoms with Gasteiger partial charge in [0.25, 0.3) is 5.91 Å². The number of carbonyl (C=O) groups is 2. The maximum absolute atomic E-state index is 12.2. The summed E-state index contributed by atoms with van der Waals surface area (Å²) in [6.45, 7) is 2.46. The van der Waals surface area contributed by atoms with E-state index in [0.717, 1.165) is 21.6 Å².